The van der Waals surface area contributed by atoms with E-state index in [1.807, 2.05) is 6.07 Å². The molecule has 0 unspecified atom stereocenters. The number of aryl methyl sites for hydroxylation is 1. The van der Waals surface area contributed by atoms with Crippen molar-refractivity contribution in [2.45, 2.75) is 76.5 Å². The van der Waals surface area contributed by atoms with Crippen molar-refractivity contribution in [1.29, 1.82) is 5.26 Å². The molecule has 1 aliphatic heterocycles. The number of aliphatic hydroxyl groups is 1. The number of alkyl halides is 3. The van der Waals surface area contributed by atoms with E-state index in [0.717, 1.165) is 12.5 Å². The van der Waals surface area contributed by atoms with Crippen LogP contribution in [-0.2, 0) is 26.3 Å². The van der Waals surface area contributed by atoms with Crippen LogP contribution in [0.25, 0.3) is 22.5 Å². The largest absolute Gasteiger partial charge is 0.416 e. The van der Waals surface area contributed by atoms with Gasteiger partial charge in [0.05, 0.1) is 29.8 Å². The fourth-order valence-corrected chi connectivity index (χ4v) is 6.65. The Hall–Kier alpha value is -4.80. The summed E-state index contributed by atoms with van der Waals surface area (Å²) in [6.07, 6.45) is 0.861. The zero-order valence-corrected chi connectivity index (χ0v) is 26.6. The van der Waals surface area contributed by atoms with Gasteiger partial charge in [-0.2, -0.15) is 18.4 Å². The standard InChI is InChI=1S/C35H35F3N8O2/c1-19(7-20-3-4-20)42-31-11-23(27-8-21(15-39)5-6-26(27)33-44-41-18-45(33)2)12-32(43-31)46-17-29-28(34(46)48)9-22(10-30(29)35(36,37)38)16-40-24-13-25(47)14-24/h5-6,8-12,18-20,24-25,40,47H,3-4,7,13-14,16-17H2,1-2H3,(H,42,43)/t19-,24-,25+/m1/s1. The Bertz CT molecular complexity index is 1920. The van der Waals surface area contributed by atoms with Gasteiger partial charge < -0.3 is 20.3 Å². The molecule has 13 heteroatoms. The van der Waals surface area contributed by atoms with Crippen molar-refractivity contribution in [3.63, 3.8) is 0 Å². The molecule has 48 heavy (non-hydrogen) atoms. The van der Waals surface area contributed by atoms with E-state index in [1.54, 1.807) is 42.2 Å². The van der Waals surface area contributed by atoms with E-state index in [9.17, 15) is 28.3 Å². The van der Waals surface area contributed by atoms with Crippen molar-refractivity contribution in [2.24, 2.45) is 13.0 Å². The third kappa shape index (κ3) is 6.37. The van der Waals surface area contributed by atoms with Gasteiger partial charge in [-0.05, 0) is 96.8 Å². The number of hydrogen-bond acceptors (Lipinski definition) is 8. The van der Waals surface area contributed by atoms with Crippen molar-refractivity contribution >= 4 is 17.5 Å². The minimum Gasteiger partial charge on any atom is -0.393 e. The molecule has 0 saturated heterocycles. The minimum absolute atomic E-state index is 0.00895. The first-order chi connectivity index (χ1) is 23.0. The lowest BCUT2D eigenvalue weighted by atomic mass is 9.89. The van der Waals surface area contributed by atoms with Crippen LogP contribution in [0, 0.1) is 17.2 Å². The predicted octanol–water partition coefficient (Wildman–Crippen LogP) is 5.81. The monoisotopic (exact) mass is 656 g/mol. The van der Waals surface area contributed by atoms with Crippen LogP contribution >= 0.6 is 0 Å². The van der Waals surface area contributed by atoms with Gasteiger partial charge >= 0.3 is 6.18 Å². The maximum absolute atomic E-state index is 14.4. The number of aromatic nitrogens is 4. The second-order valence-electron chi connectivity index (χ2n) is 13.2. The molecule has 1 amide bonds. The number of carbonyl (C=O) groups is 1. The Balaban J connectivity index is 1.30. The molecule has 10 nitrogen and oxygen atoms in total. The van der Waals surface area contributed by atoms with E-state index in [4.69, 9.17) is 4.98 Å². The smallest absolute Gasteiger partial charge is 0.393 e. The van der Waals surface area contributed by atoms with Crippen LogP contribution in [0.15, 0.2) is 48.8 Å². The van der Waals surface area contributed by atoms with Gasteiger partial charge in [-0.15, -0.1) is 10.2 Å². The third-order valence-corrected chi connectivity index (χ3v) is 9.39. The summed E-state index contributed by atoms with van der Waals surface area (Å²) in [5, 5.41) is 34.3. The summed E-state index contributed by atoms with van der Waals surface area (Å²) in [7, 11) is 1.81. The van der Waals surface area contributed by atoms with E-state index in [2.05, 4.69) is 33.8 Å². The van der Waals surface area contributed by atoms with Crippen molar-refractivity contribution in [1.82, 2.24) is 25.1 Å². The first kappa shape index (κ1) is 31.8. The minimum atomic E-state index is -4.67. The summed E-state index contributed by atoms with van der Waals surface area (Å²) < 4.78 is 45.1. The maximum atomic E-state index is 14.4. The topological polar surface area (TPSA) is 132 Å². The molecule has 3 N–H and O–H groups in total. The number of rotatable bonds is 10. The third-order valence-electron chi connectivity index (χ3n) is 9.39. The highest BCUT2D eigenvalue weighted by Gasteiger charge is 2.41. The highest BCUT2D eigenvalue weighted by atomic mass is 19.4. The molecule has 0 bridgehead atoms. The molecule has 2 aromatic carbocycles. The molecular formula is C35H35F3N8O2. The summed E-state index contributed by atoms with van der Waals surface area (Å²) >= 11 is 0. The number of aliphatic hydroxyl groups excluding tert-OH is 1. The average Bonchev–Trinajstić information content (AvgIpc) is 3.64. The molecule has 2 fully saturated rings. The number of hydrogen-bond donors (Lipinski definition) is 3. The second kappa shape index (κ2) is 12.3. The molecule has 2 aromatic heterocycles. The van der Waals surface area contributed by atoms with Gasteiger partial charge in [0.1, 0.15) is 18.0 Å². The molecular weight excluding hydrogens is 621 g/mol. The van der Waals surface area contributed by atoms with Gasteiger partial charge in [0.2, 0.25) is 0 Å². The van der Waals surface area contributed by atoms with E-state index in [-0.39, 0.29) is 42.1 Å². The number of pyridine rings is 1. The van der Waals surface area contributed by atoms with Crippen LogP contribution in [0.5, 0.6) is 0 Å². The number of halogens is 3. The van der Waals surface area contributed by atoms with Gasteiger partial charge in [0.15, 0.2) is 5.82 Å². The Kier molecular flexibility index (Phi) is 8.17. The molecule has 1 atom stereocenters. The molecule has 3 heterocycles. The molecule has 0 spiro atoms. The van der Waals surface area contributed by atoms with E-state index in [0.29, 0.717) is 58.2 Å². The van der Waals surface area contributed by atoms with Crippen LogP contribution in [0.1, 0.15) is 71.6 Å². The van der Waals surface area contributed by atoms with Crippen LogP contribution < -0.4 is 15.5 Å². The molecule has 2 aliphatic carbocycles. The van der Waals surface area contributed by atoms with Gasteiger partial charge in [0, 0.05) is 36.8 Å². The highest BCUT2D eigenvalue weighted by Crippen LogP contribution is 2.41. The fourth-order valence-electron chi connectivity index (χ4n) is 6.65. The summed E-state index contributed by atoms with van der Waals surface area (Å²) in [6, 6.07) is 13.6. The first-order valence-electron chi connectivity index (χ1n) is 16.1. The zero-order chi connectivity index (χ0) is 33.7. The van der Waals surface area contributed by atoms with E-state index < -0.39 is 23.8 Å². The average molecular weight is 657 g/mol. The van der Waals surface area contributed by atoms with Crippen LogP contribution in [-0.4, -0.2) is 48.9 Å². The Morgan fingerprint density at radius 2 is 1.90 bits per heavy atom. The molecule has 7 rings (SSSR count). The Morgan fingerprint density at radius 1 is 1.10 bits per heavy atom. The van der Waals surface area contributed by atoms with Crippen LogP contribution in [0.2, 0.25) is 0 Å². The number of nitriles is 1. The quantitative estimate of drug-likeness (QED) is 0.195. The molecule has 4 aromatic rings. The number of nitrogens with one attached hydrogen (secondary N) is 2. The second-order valence-corrected chi connectivity index (χ2v) is 13.2. The molecule has 248 valence electrons. The van der Waals surface area contributed by atoms with Gasteiger partial charge in [-0.1, -0.05) is 12.8 Å². The molecule has 2 saturated carbocycles. The highest BCUT2D eigenvalue weighted by molar-refractivity contribution is 6.10. The summed E-state index contributed by atoms with van der Waals surface area (Å²) in [5.74, 6) is 1.28. The summed E-state index contributed by atoms with van der Waals surface area (Å²) in [4.78, 5) is 20.1. The number of nitrogens with zero attached hydrogens (tertiary/aromatic N) is 6. The SMILES string of the molecule is C[C@H](CC1CC1)Nc1cc(-c2cc(C#N)ccc2-c2nncn2C)cc(N2Cc3c(cc(CN[C@H]4C[C@@H](O)C4)cc3C(F)(F)F)C2=O)n1. The van der Waals surface area contributed by atoms with Crippen molar-refractivity contribution < 1.29 is 23.1 Å². The van der Waals surface area contributed by atoms with Crippen LogP contribution in [0.4, 0.5) is 24.8 Å². The summed E-state index contributed by atoms with van der Waals surface area (Å²) in [6.45, 7) is 1.90. The number of fused-ring (bicyclic) bond motifs is 1. The predicted molar refractivity (Wildman–Crippen MR) is 173 cm³/mol. The zero-order valence-electron chi connectivity index (χ0n) is 26.6. The van der Waals surface area contributed by atoms with E-state index in [1.165, 1.54) is 23.8 Å². The molecule has 0 radical (unpaired) electrons. The normalized spacial score (nSPS) is 19.5. The lowest BCUT2D eigenvalue weighted by molar-refractivity contribution is -0.138. The van der Waals surface area contributed by atoms with Crippen molar-refractivity contribution in [3.05, 3.63) is 76.6 Å². The Labute approximate surface area is 275 Å². The van der Waals surface area contributed by atoms with Gasteiger partial charge in [0.25, 0.3) is 5.91 Å². The van der Waals surface area contributed by atoms with Crippen LogP contribution in [0.3, 0.4) is 0 Å². The summed E-state index contributed by atoms with van der Waals surface area (Å²) in [5.41, 5.74) is 1.75. The number of anilines is 2. The van der Waals surface area contributed by atoms with Gasteiger partial charge in [-0.25, -0.2) is 4.98 Å². The number of amides is 1. The lowest BCUT2D eigenvalue weighted by Crippen LogP contribution is -2.43. The Morgan fingerprint density at radius 3 is 2.56 bits per heavy atom. The van der Waals surface area contributed by atoms with E-state index >= 15 is 0 Å². The van der Waals surface area contributed by atoms with Gasteiger partial charge in [-0.3, -0.25) is 9.69 Å². The first-order valence-corrected chi connectivity index (χ1v) is 16.1. The molecule has 3 aliphatic rings. The van der Waals surface area contributed by atoms with Crippen molar-refractivity contribution in [3.8, 4) is 28.6 Å². The fraction of sp³-hybridized carbons (Fsp3) is 0.400. The lowest BCUT2D eigenvalue weighted by Gasteiger charge is -2.32. The number of carbonyl (C=O) groups excluding carboxylic acids is 1. The number of benzene rings is 2. The maximum Gasteiger partial charge on any atom is 0.416 e. The van der Waals surface area contributed by atoms with Crippen molar-refractivity contribution in [2.75, 3.05) is 10.2 Å².